The average Bonchev–Trinajstić information content (AvgIpc) is 2.93. The van der Waals surface area contributed by atoms with Crippen LogP contribution in [0.2, 0.25) is 0 Å². The highest BCUT2D eigenvalue weighted by atomic mass is 16.5. The molecule has 0 atom stereocenters. The standard InChI is InChI=1S/C34H45NO4/c1-6-8-21-35-31-24-29(37-22-9-7-2)18-19-30(31)32(38-23-20-27(5)15-13-14-26(3)4)33(34(35)36)39-25-28-16-11-10-12-17-28/h10-12,14,16-20,24H,6-9,13,15,21-23,25H2,1-5H3/b27-20+. The third-order valence-electron chi connectivity index (χ3n) is 6.63. The number of aromatic nitrogens is 1. The van der Waals surface area contributed by atoms with Crippen molar-refractivity contribution in [3.63, 3.8) is 0 Å². The molecule has 0 saturated heterocycles. The molecule has 5 heteroatoms. The van der Waals surface area contributed by atoms with Crippen molar-refractivity contribution in [2.24, 2.45) is 0 Å². The Morgan fingerprint density at radius 2 is 1.64 bits per heavy atom. The number of hydrogen-bond acceptors (Lipinski definition) is 4. The molecule has 0 saturated carbocycles. The summed E-state index contributed by atoms with van der Waals surface area (Å²) in [6, 6.07) is 15.8. The van der Waals surface area contributed by atoms with Gasteiger partial charge in [-0.2, -0.15) is 0 Å². The van der Waals surface area contributed by atoms with Gasteiger partial charge in [-0.1, -0.05) is 74.2 Å². The first-order valence-electron chi connectivity index (χ1n) is 14.4. The molecular formula is C34H45NO4. The number of hydrogen-bond donors (Lipinski definition) is 0. The Labute approximate surface area is 234 Å². The Bertz CT molecular complexity index is 1300. The Morgan fingerprint density at radius 1 is 0.872 bits per heavy atom. The second-order valence-electron chi connectivity index (χ2n) is 10.3. The van der Waals surface area contributed by atoms with Gasteiger partial charge in [0, 0.05) is 18.0 Å². The highest BCUT2D eigenvalue weighted by Crippen LogP contribution is 2.35. The molecule has 0 aliphatic heterocycles. The molecule has 210 valence electrons. The Balaban J connectivity index is 2.02. The van der Waals surface area contributed by atoms with Crippen LogP contribution >= 0.6 is 0 Å². The van der Waals surface area contributed by atoms with E-state index < -0.39 is 0 Å². The quantitative estimate of drug-likeness (QED) is 0.137. The number of fused-ring (bicyclic) bond motifs is 1. The van der Waals surface area contributed by atoms with Crippen LogP contribution in [0.4, 0.5) is 0 Å². The lowest BCUT2D eigenvalue weighted by Crippen LogP contribution is -2.24. The van der Waals surface area contributed by atoms with E-state index in [2.05, 4.69) is 46.8 Å². The zero-order valence-electron chi connectivity index (χ0n) is 24.4. The minimum absolute atomic E-state index is 0.170. The Kier molecular flexibility index (Phi) is 12.2. The molecular weight excluding hydrogens is 486 g/mol. The van der Waals surface area contributed by atoms with Crippen LogP contribution in [0.25, 0.3) is 10.9 Å². The normalized spacial score (nSPS) is 11.5. The third-order valence-corrected chi connectivity index (χ3v) is 6.63. The monoisotopic (exact) mass is 531 g/mol. The summed E-state index contributed by atoms with van der Waals surface area (Å²) in [5, 5.41) is 0.854. The molecule has 0 aliphatic carbocycles. The first kappa shape index (κ1) is 30.1. The number of benzene rings is 2. The van der Waals surface area contributed by atoms with Crippen molar-refractivity contribution >= 4 is 10.9 Å². The van der Waals surface area contributed by atoms with E-state index in [-0.39, 0.29) is 11.3 Å². The highest BCUT2D eigenvalue weighted by molar-refractivity contribution is 5.89. The molecule has 3 rings (SSSR count). The van der Waals surface area contributed by atoms with Gasteiger partial charge in [0.05, 0.1) is 12.1 Å². The van der Waals surface area contributed by atoms with Crippen molar-refractivity contribution < 1.29 is 14.2 Å². The number of allylic oxidation sites excluding steroid dienone is 3. The van der Waals surface area contributed by atoms with Gasteiger partial charge in [0.15, 0.2) is 5.75 Å². The van der Waals surface area contributed by atoms with Gasteiger partial charge in [-0.25, -0.2) is 0 Å². The first-order chi connectivity index (χ1) is 18.9. The Morgan fingerprint density at radius 3 is 2.36 bits per heavy atom. The lowest BCUT2D eigenvalue weighted by molar-refractivity contribution is 0.270. The molecule has 0 spiro atoms. The van der Waals surface area contributed by atoms with Gasteiger partial charge in [0.1, 0.15) is 19.0 Å². The molecule has 0 amide bonds. The number of unbranched alkanes of at least 4 members (excludes halogenated alkanes) is 2. The van der Waals surface area contributed by atoms with E-state index in [1.54, 1.807) is 0 Å². The maximum absolute atomic E-state index is 13.9. The van der Waals surface area contributed by atoms with Crippen LogP contribution in [0, 0.1) is 0 Å². The number of ether oxygens (including phenoxy) is 3. The second-order valence-corrected chi connectivity index (χ2v) is 10.3. The van der Waals surface area contributed by atoms with Crippen LogP contribution in [-0.4, -0.2) is 17.8 Å². The maximum Gasteiger partial charge on any atom is 0.297 e. The molecule has 0 aliphatic rings. The zero-order valence-corrected chi connectivity index (χ0v) is 24.4. The fourth-order valence-corrected chi connectivity index (χ4v) is 4.30. The van der Waals surface area contributed by atoms with Crippen molar-refractivity contribution in [3.8, 4) is 17.2 Å². The average molecular weight is 532 g/mol. The molecule has 2 aromatic carbocycles. The van der Waals surface area contributed by atoms with Crippen LogP contribution in [0.1, 0.15) is 78.7 Å². The predicted octanol–water partition coefficient (Wildman–Crippen LogP) is 8.63. The van der Waals surface area contributed by atoms with Crippen molar-refractivity contribution in [2.75, 3.05) is 13.2 Å². The fourth-order valence-electron chi connectivity index (χ4n) is 4.30. The maximum atomic E-state index is 13.9. The number of rotatable bonds is 16. The third kappa shape index (κ3) is 9.05. The van der Waals surface area contributed by atoms with E-state index >= 15 is 0 Å². The minimum atomic E-state index is -0.170. The summed E-state index contributed by atoms with van der Waals surface area (Å²) in [7, 11) is 0. The minimum Gasteiger partial charge on any atom is -0.494 e. The summed E-state index contributed by atoms with van der Waals surface area (Å²) in [5.41, 5.74) is 4.22. The molecule has 0 bridgehead atoms. The fraction of sp³-hybridized carbons (Fsp3) is 0.441. The number of nitrogens with zero attached hydrogens (tertiary/aromatic N) is 1. The van der Waals surface area contributed by atoms with Gasteiger partial charge in [0.2, 0.25) is 5.75 Å². The molecule has 1 aromatic heterocycles. The molecule has 0 radical (unpaired) electrons. The molecule has 1 heterocycles. The van der Waals surface area contributed by atoms with E-state index in [0.717, 1.165) is 60.7 Å². The smallest absolute Gasteiger partial charge is 0.297 e. The topological polar surface area (TPSA) is 49.7 Å². The second kappa shape index (κ2) is 15.8. The molecule has 39 heavy (non-hydrogen) atoms. The summed E-state index contributed by atoms with van der Waals surface area (Å²) < 4.78 is 20.4. The van der Waals surface area contributed by atoms with Crippen molar-refractivity contribution in [1.29, 1.82) is 0 Å². The summed E-state index contributed by atoms with van der Waals surface area (Å²) >= 11 is 0. The first-order valence-corrected chi connectivity index (χ1v) is 14.4. The van der Waals surface area contributed by atoms with E-state index in [0.29, 0.717) is 32.1 Å². The molecule has 0 unspecified atom stereocenters. The highest BCUT2D eigenvalue weighted by Gasteiger charge is 2.20. The van der Waals surface area contributed by atoms with E-state index in [9.17, 15) is 4.79 Å². The zero-order chi connectivity index (χ0) is 28.0. The lowest BCUT2D eigenvalue weighted by atomic mass is 10.1. The van der Waals surface area contributed by atoms with Crippen molar-refractivity contribution in [3.05, 3.63) is 87.7 Å². The number of aryl methyl sites for hydroxylation is 1. The predicted molar refractivity (Wildman–Crippen MR) is 162 cm³/mol. The van der Waals surface area contributed by atoms with Crippen LogP contribution < -0.4 is 19.8 Å². The molecule has 3 aromatic rings. The Hall–Kier alpha value is -3.47. The number of pyridine rings is 1. The van der Waals surface area contributed by atoms with Gasteiger partial charge in [-0.15, -0.1) is 0 Å². The summed E-state index contributed by atoms with van der Waals surface area (Å²) in [6.07, 6.45) is 10.2. The van der Waals surface area contributed by atoms with Crippen LogP contribution in [-0.2, 0) is 13.2 Å². The molecule has 0 N–H and O–H groups in total. The van der Waals surface area contributed by atoms with Crippen LogP contribution in [0.15, 0.2) is 76.6 Å². The lowest BCUT2D eigenvalue weighted by Gasteiger charge is -2.19. The summed E-state index contributed by atoms with van der Waals surface area (Å²) in [4.78, 5) is 13.9. The van der Waals surface area contributed by atoms with Crippen molar-refractivity contribution in [1.82, 2.24) is 4.57 Å². The van der Waals surface area contributed by atoms with Gasteiger partial charge >= 0.3 is 0 Å². The van der Waals surface area contributed by atoms with Gasteiger partial charge < -0.3 is 18.8 Å². The largest absolute Gasteiger partial charge is 0.494 e. The van der Waals surface area contributed by atoms with Crippen LogP contribution in [0.5, 0.6) is 17.2 Å². The van der Waals surface area contributed by atoms with E-state index in [1.807, 2.05) is 53.1 Å². The van der Waals surface area contributed by atoms with Gasteiger partial charge in [0.25, 0.3) is 5.56 Å². The van der Waals surface area contributed by atoms with E-state index in [1.165, 1.54) is 11.1 Å². The van der Waals surface area contributed by atoms with E-state index in [4.69, 9.17) is 14.2 Å². The SMILES string of the molecule is CCCCOc1ccc2c(OC/C=C(\C)CCC=C(C)C)c(OCc3ccccc3)c(=O)n(CCCC)c2c1. The van der Waals surface area contributed by atoms with Crippen LogP contribution in [0.3, 0.4) is 0 Å². The molecule has 0 fully saturated rings. The summed E-state index contributed by atoms with van der Waals surface area (Å²) in [5.74, 6) is 1.52. The molecule has 5 nitrogen and oxygen atoms in total. The van der Waals surface area contributed by atoms with Gasteiger partial charge in [-0.05, 0) is 70.2 Å². The summed E-state index contributed by atoms with van der Waals surface area (Å²) in [6.45, 7) is 12.5. The van der Waals surface area contributed by atoms with Crippen molar-refractivity contribution in [2.45, 2.75) is 86.3 Å². The van der Waals surface area contributed by atoms with Gasteiger partial charge in [-0.3, -0.25) is 4.79 Å².